The van der Waals surface area contributed by atoms with Gasteiger partial charge in [0.15, 0.2) is 9.84 Å². The third kappa shape index (κ3) is 2.55. The van der Waals surface area contributed by atoms with Crippen molar-refractivity contribution < 1.29 is 13.5 Å². The summed E-state index contributed by atoms with van der Waals surface area (Å²) in [5.74, 6) is 0. The lowest BCUT2D eigenvalue weighted by Crippen LogP contribution is -2.56. The molecule has 0 aliphatic heterocycles. The number of aliphatic hydroxyl groups is 1. The summed E-state index contributed by atoms with van der Waals surface area (Å²) < 4.78 is 22.8. The fourth-order valence-electron chi connectivity index (χ4n) is 2.24. The number of rotatable bonds is 3. The first kappa shape index (κ1) is 14.1. The average molecular weight is 284 g/mol. The van der Waals surface area contributed by atoms with E-state index in [9.17, 15) is 13.5 Å². The number of hydrogen-bond acceptors (Lipinski definition) is 5. The van der Waals surface area contributed by atoms with Gasteiger partial charge in [-0.1, -0.05) is 13.8 Å². The van der Waals surface area contributed by atoms with Crippen molar-refractivity contribution in [2.75, 3.05) is 17.3 Å². The van der Waals surface area contributed by atoms with Gasteiger partial charge in [0.1, 0.15) is 0 Å². The van der Waals surface area contributed by atoms with E-state index in [2.05, 4.69) is 5.32 Å². The minimum absolute atomic E-state index is 0.133. The minimum atomic E-state index is -3.24. The van der Waals surface area contributed by atoms with Crippen LogP contribution in [-0.2, 0) is 9.84 Å². The fourth-order valence-corrected chi connectivity index (χ4v) is 2.89. The molecule has 1 aromatic rings. The summed E-state index contributed by atoms with van der Waals surface area (Å²) in [5.41, 5.74) is 6.78. The molecule has 0 radical (unpaired) electrons. The van der Waals surface area contributed by atoms with Crippen LogP contribution in [0.15, 0.2) is 23.1 Å². The maximum absolute atomic E-state index is 11.4. The van der Waals surface area contributed by atoms with Crippen molar-refractivity contribution in [2.24, 2.45) is 5.41 Å². The molecule has 19 heavy (non-hydrogen) atoms. The van der Waals surface area contributed by atoms with E-state index in [1.165, 1.54) is 12.1 Å². The zero-order chi connectivity index (χ0) is 14.4. The highest BCUT2D eigenvalue weighted by Gasteiger charge is 2.47. The Bertz CT molecular complexity index is 596. The van der Waals surface area contributed by atoms with Crippen LogP contribution in [0.25, 0.3) is 0 Å². The van der Waals surface area contributed by atoms with Crippen LogP contribution in [-0.4, -0.2) is 31.9 Å². The molecule has 1 fully saturated rings. The maximum Gasteiger partial charge on any atom is 0.175 e. The Hall–Kier alpha value is -1.27. The lowest BCUT2D eigenvalue weighted by Gasteiger charge is -2.50. The number of nitrogens with one attached hydrogen (secondary N) is 1. The maximum atomic E-state index is 11.4. The standard InChI is InChI=1S/C13H20N2O3S/c1-13(2)11(7-12(13)16)15-10-5-4-8(6-9(10)14)19(3,17)18/h4-6,11-12,15-16H,7,14H2,1-3H3. The molecule has 6 heteroatoms. The van der Waals surface area contributed by atoms with Gasteiger partial charge in [0.2, 0.25) is 0 Å². The molecule has 0 spiro atoms. The third-order valence-corrected chi connectivity index (χ3v) is 5.11. The van der Waals surface area contributed by atoms with Gasteiger partial charge in [0.25, 0.3) is 0 Å². The van der Waals surface area contributed by atoms with Gasteiger partial charge in [-0.15, -0.1) is 0 Å². The summed E-state index contributed by atoms with van der Waals surface area (Å²) in [6, 6.07) is 4.80. The Morgan fingerprint density at radius 2 is 2.05 bits per heavy atom. The summed E-state index contributed by atoms with van der Waals surface area (Å²) in [5, 5.41) is 13.0. The van der Waals surface area contributed by atoms with Gasteiger partial charge in [-0.2, -0.15) is 0 Å². The van der Waals surface area contributed by atoms with E-state index in [4.69, 9.17) is 5.73 Å². The molecule has 1 aromatic carbocycles. The molecular weight excluding hydrogens is 264 g/mol. The van der Waals surface area contributed by atoms with Crippen molar-refractivity contribution in [2.45, 2.75) is 37.3 Å². The lowest BCUT2D eigenvalue weighted by molar-refractivity contribution is -0.0510. The summed E-state index contributed by atoms with van der Waals surface area (Å²) in [4.78, 5) is 0.212. The first-order valence-corrected chi connectivity index (χ1v) is 8.05. The molecule has 0 bridgehead atoms. The second-order valence-corrected chi connectivity index (χ2v) is 7.81. The highest BCUT2D eigenvalue weighted by atomic mass is 32.2. The van der Waals surface area contributed by atoms with E-state index in [1.807, 2.05) is 13.8 Å². The smallest absolute Gasteiger partial charge is 0.175 e. The van der Waals surface area contributed by atoms with Gasteiger partial charge in [0.05, 0.1) is 22.4 Å². The van der Waals surface area contributed by atoms with Gasteiger partial charge in [-0.25, -0.2) is 8.42 Å². The van der Waals surface area contributed by atoms with Crippen molar-refractivity contribution in [3.63, 3.8) is 0 Å². The molecule has 2 unspecified atom stereocenters. The largest absolute Gasteiger partial charge is 0.397 e. The molecule has 106 valence electrons. The van der Waals surface area contributed by atoms with E-state index < -0.39 is 9.84 Å². The quantitative estimate of drug-likeness (QED) is 0.726. The predicted molar refractivity (Wildman–Crippen MR) is 75.8 cm³/mol. The minimum Gasteiger partial charge on any atom is -0.397 e. The molecule has 0 aromatic heterocycles. The zero-order valence-corrected chi connectivity index (χ0v) is 12.2. The SMILES string of the molecule is CC1(C)C(O)CC1Nc1ccc(S(C)(=O)=O)cc1N. The van der Waals surface area contributed by atoms with E-state index in [0.29, 0.717) is 17.8 Å². The molecular formula is C13H20N2O3S. The highest BCUT2D eigenvalue weighted by Crippen LogP contribution is 2.42. The van der Waals surface area contributed by atoms with Crippen LogP contribution in [0.5, 0.6) is 0 Å². The van der Waals surface area contributed by atoms with Gasteiger partial charge in [0, 0.05) is 17.7 Å². The van der Waals surface area contributed by atoms with Gasteiger partial charge < -0.3 is 16.2 Å². The Morgan fingerprint density at radius 3 is 2.47 bits per heavy atom. The van der Waals surface area contributed by atoms with Crippen LogP contribution < -0.4 is 11.1 Å². The second-order valence-electron chi connectivity index (χ2n) is 5.79. The lowest BCUT2D eigenvalue weighted by atomic mass is 9.64. The number of sulfone groups is 1. The molecule has 0 amide bonds. The summed E-state index contributed by atoms with van der Waals surface area (Å²) in [6.07, 6.45) is 1.50. The molecule has 4 N–H and O–H groups in total. The Kier molecular flexibility index (Phi) is 3.26. The van der Waals surface area contributed by atoms with E-state index in [1.54, 1.807) is 6.07 Å². The summed E-state index contributed by atoms with van der Waals surface area (Å²) >= 11 is 0. The molecule has 2 rings (SSSR count). The van der Waals surface area contributed by atoms with E-state index in [0.717, 1.165) is 6.26 Å². The summed E-state index contributed by atoms with van der Waals surface area (Å²) in [7, 11) is -3.24. The van der Waals surface area contributed by atoms with Crippen LogP contribution >= 0.6 is 0 Å². The fraction of sp³-hybridized carbons (Fsp3) is 0.538. The normalized spacial score (nSPS) is 25.7. The molecule has 5 nitrogen and oxygen atoms in total. The molecule has 1 saturated carbocycles. The number of nitrogen functional groups attached to an aromatic ring is 1. The van der Waals surface area contributed by atoms with Crippen LogP contribution in [0.4, 0.5) is 11.4 Å². The first-order chi connectivity index (χ1) is 8.62. The second kappa shape index (κ2) is 4.38. The molecule has 2 atom stereocenters. The number of aliphatic hydroxyl groups excluding tert-OH is 1. The van der Waals surface area contributed by atoms with E-state index >= 15 is 0 Å². The third-order valence-electron chi connectivity index (χ3n) is 4.00. The molecule has 0 saturated heterocycles. The van der Waals surface area contributed by atoms with Crippen LogP contribution in [0.1, 0.15) is 20.3 Å². The molecule has 1 aliphatic rings. The van der Waals surface area contributed by atoms with Gasteiger partial charge in [-0.05, 0) is 24.6 Å². The van der Waals surface area contributed by atoms with Crippen LogP contribution in [0, 0.1) is 5.41 Å². The van der Waals surface area contributed by atoms with Gasteiger partial charge >= 0.3 is 0 Å². The van der Waals surface area contributed by atoms with Crippen molar-refractivity contribution >= 4 is 21.2 Å². The number of benzene rings is 1. The summed E-state index contributed by atoms with van der Waals surface area (Å²) in [6.45, 7) is 3.97. The van der Waals surface area contributed by atoms with Crippen molar-refractivity contribution in [1.82, 2.24) is 0 Å². The monoisotopic (exact) mass is 284 g/mol. The number of anilines is 2. The Labute approximate surface area is 113 Å². The predicted octanol–water partition coefficient (Wildman–Crippen LogP) is 1.24. The van der Waals surface area contributed by atoms with Crippen LogP contribution in [0.2, 0.25) is 0 Å². The van der Waals surface area contributed by atoms with Gasteiger partial charge in [-0.3, -0.25) is 0 Å². The van der Waals surface area contributed by atoms with Crippen LogP contribution in [0.3, 0.4) is 0 Å². The highest BCUT2D eigenvalue weighted by molar-refractivity contribution is 7.90. The topological polar surface area (TPSA) is 92.4 Å². The number of nitrogens with two attached hydrogens (primary N) is 1. The first-order valence-electron chi connectivity index (χ1n) is 6.16. The average Bonchev–Trinajstić information content (AvgIpc) is 2.29. The van der Waals surface area contributed by atoms with Crippen molar-refractivity contribution in [3.8, 4) is 0 Å². The van der Waals surface area contributed by atoms with E-state index in [-0.39, 0.29) is 22.5 Å². The Balaban J connectivity index is 2.20. The van der Waals surface area contributed by atoms with Crippen molar-refractivity contribution in [1.29, 1.82) is 0 Å². The molecule has 1 aliphatic carbocycles. The zero-order valence-electron chi connectivity index (χ0n) is 11.3. The number of hydrogen-bond donors (Lipinski definition) is 3. The van der Waals surface area contributed by atoms with Crippen molar-refractivity contribution in [3.05, 3.63) is 18.2 Å². The Morgan fingerprint density at radius 1 is 1.42 bits per heavy atom. The molecule has 0 heterocycles.